The summed E-state index contributed by atoms with van der Waals surface area (Å²) in [5, 5.41) is 0. The molecule has 2 aromatic rings. The molecule has 0 radical (unpaired) electrons. The molecule has 0 saturated carbocycles. The Morgan fingerprint density at radius 1 is 1.14 bits per heavy atom. The highest BCUT2D eigenvalue weighted by Crippen LogP contribution is 2.33. The molecular formula is C19H20F3N3O3. The molecule has 28 heavy (non-hydrogen) atoms. The largest absolute Gasteiger partial charge is 0.497 e. The van der Waals surface area contributed by atoms with Gasteiger partial charge in [0.1, 0.15) is 23.4 Å². The maximum absolute atomic E-state index is 12.9. The predicted molar refractivity (Wildman–Crippen MR) is 97.9 cm³/mol. The molecule has 9 heteroatoms. The van der Waals surface area contributed by atoms with E-state index in [4.69, 9.17) is 9.47 Å². The van der Waals surface area contributed by atoms with E-state index in [-0.39, 0.29) is 5.91 Å². The summed E-state index contributed by atoms with van der Waals surface area (Å²) in [6.45, 7) is 0.463. The minimum atomic E-state index is -4.45. The normalized spacial score (nSPS) is 17.0. The molecule has 1 atom stereocenters. The van der Waals surface area contributed by atoms with Crippen LogP contribution in [-0.2, 0) is 11.0 Å². The lowest BCUT2D eigenvalue weighted by atomic mass is 10.2. The zero-order valence-electron chi connectivity index (χ0n) is 15.7. The lowest BCUT2D eigenvalue weighted by Crippen LogP contribution is -2.40. The number of methoxy groups -OCH3 is 2. The molecule has 1 aliphatic rings. The van der Waals surface area contributed by atoms with Gasteiger partial charge in [0.25, 0.3) is 0 Å². The number of aromatic nitrogens is 1. The van der Waals surface area contributed by atoms with Crippen LogP contribution in [0.5, 0.6) is 11.5 Å². The fourth-order valence-electron chi connectivity index (χ4n) is 3.15. The van der Waals surface area contributed by atoms with Crippen molar-refractivity contribution in [3.63, 3.8) is 0 Å². The monoisotopic (exact) mass is 395 g/mol. The van der Waals surface area contributed by atoms with Crippen LogP contribution in [0.25, 0.3) is 0 Å². The summed E-state index contributed by atoms with van der Waals surface area (Å²) in [5.74, 6) is 1.25. The Balaban J connectivity index is 1.80. The van der Waals surface area contributed by atoms with E-state index in [0.717, 1.165) is 12.3 Å². The van der Waals surface area contributed by atoms with Gasteiger partial charge < -0.3 is 19.3 Å². The van der Waals surface area contributed by atoms with Gasteiger partial charge in [0.2, 0.25) is 5.91 Å². The molecule has 1 aromatic heterocycles. The van der Waals surface area contributed by atoms with Crippen molar-refractivity contribution < 1.29 is 27.4 Å². The molecule has 2 heterocycles. The zero-order valence-corrected chi connectivity index (χ0v) is 15.7. The van der Waals surface area contributed by atoms with Crippen molar-refractivity contribution in [1.29, 1.82) is 0 Å². The molecule has 1 unspecified atom stereocenters. The number of carbonyl (C=O) groups excluding carboxylic acids is 1. The number of alkyl halides is 3. The molecule has 1 amide bonds. The van der Waals surface area contributed by atoms with Gasteiger partial charge >= 0.3 is 6.18 Å². The number of hydrogen-bond acceptors (Lipinski definition) is 5. The van der Waals surface area contributed by atoms with Gasteiger partial charge in [0, 0.05) is 38.0 Å². The van der Waals surface area contributed by atoms with Gasteiger partial charge in [0.05, 0.1) is 25.5 Å². The van der Waals surface area contributed by atoms with Gasteiger partial charge in [0.15, 0.2) is 0 Å². The second-order valence-corrected chi connectivity index (χ2v) is 6.38. The van der Waals surface area contributed by atoms with Crippen molar-refractivity contribution >= 4 is 17.4 Å². The van der Waals surface area contributed by atoms with Crippen LogP contribution in [0, 0.1) is 0 Å². The summed E-state index contributed by atoms with van der Waals surface area (Å²) in [6, 6.07) is 6.88. The van der Waals surface area contributed by atoms with Gasteiger partial charge in [-0.25, -0.2) is 4.98 Å². The lowest BCUT2D eigenvalue weighted by molar-refractivity contribution is -0.137. The van der Waals surface area contributed by atoms with Crippen LogP contribution in [-0.4, -0.2) is 44.7 Å². The van der Waals surface area contributed by atoms with E-state index in [1.807, 2.05) is 0 Å². The first-order valence-electron chi connectivity index (χ1n) is 8.55. The zero-order chi connectivity index (χ0) is 20.5. The van der Waals surface area contributed by atoms with Gasteiger partial charge in [-0.3, -0.25) is 4.79 Å². The summed E-state index contributed by atoms with van der Waals surface area (Å²) >= 11 is 0. The molecule has 3 rings (SSSR count). The third-order valence-electron chi connectivity index (χ3n) is 4.73. The van der Waals surface area contributed by atoms with Crippen LogP contribution >= 0.6 is 0 Å². The van der Waals surface area contributed by atoms with Crippen LogP contribution in [0.3, 0.4) is 0 Å². The summed E-state index contributed by atoms with van der Waals surface area (Å²) < 4.78 is 48.6. The van der Waals surface area contributed by atoms with Crippen molar-refractivity contribution in [1.82, 2.24) is 4.98 Å². The van der Waals surface area contributed by atoms with Gasteiger partial charge in [-0.15, -0.1) is 0 Å². The molecule has 150 valence electrons. The van der Waals surface area contributed by atoms with E-state index in [9.17, 15) is 18.0 Å². The smallest absolute Gasteiger partial charge is 0.417 e. The van der Waals surface area contributed by atoms with E-state index in [1.54, 1.807) is 35.0 Å². The van der Waals surface area contributed by atoms with Crippen molar-refractivity contribution in [2.75, 3.05) is 37.6 Å². The van der Waals surface area contributed by atoms with Crippen LogP contribution in [0.2, 0.25) is 0 Å². The number of amides is 1. The van der Waals surface area contributed by atoms with Crippen LogP contribution in [0.4, 0.5) is 24.7 Å². The van der Waals surface area contributed by atoms with Gasteiger partial charge in [-0.2, -0.15) is 13.2 Å². The molecular weight excluding hydrogens is 375 g/mol. The minimum Gasteiger partial charge on any atom is -0.497 e. The predicted octanol–water partition coefficient (Wildman–Crippen LogP) is 3.36. The topological polar surface area (TPSA) is 54.9 Å². The highest BCUT2D eigenvalue weighted by molar-refractivity contribution is 6.01. The number of halogens is 3. The number of benzene rings is 1. The second kappa shape index (κ2) is 7.57. The standard InChI is InChI=1S/C19H20F3N3O3/c1-24(17-5-4-12(11-23-17)19(20,21)22)16-6-7-25(18(16)26)13-8-14(27-2)10-15(9-13)28-3/h4-5,8-11,16H,6-7H2,1-3H3. The SMILES string of the molecule is COc1cc(OC)cc(N2CCC(N(C)c3ccc(C(F)(F)F)cn3)C2=O)c1. The van der Waals surface area contributed by atoms with Crippen molar-refractivity contribution in [2.45, 2.75) is 18.6 Å². The fourth-order valence-corrected chi connectivity index (χ4v) is 3.15. The first-order chi connectivity index (χ1) is 13.2. The summed E-state index contributed by atoms with van der Waals surface area (Å²) in [5.41, 5.74) is -0.190. The average molecular weight is 395 g/mol. The molecule has 0 spiro atoms. The molecule has 1 aromatic carbocycles. The van der Waals surface area contributed by atoms with Crippen LogP contribution in [0.1, 0.15) is 12.0 Å². The number of hydrogen-bond donors (Lipinski definition) is 0. The Morgan fingerprint density at radius 3 is 2.29 bits per heavy atom. The maximum atomic E-state index is 12.9. The minimum absolute atomic E-state index is 0.167. The number of anilines is 2. The fraction of sp³-hybridized carbons (Fsp3) is 0.368. The number of likely N-dealkylation sites (N-methyl/N-ethyl adjacent to an activating group) is 1. The quantitative estimate of drug-likeness (QED) is 0.777. The van der Waals surface area contributed by atoms with E-state index in [2.05, 4.69) is 4.98 Å². The third-order valence-corrected chi connectivity index (χ3v) is 4.73. The Bertz CT molecular complexity index is 833. The van der Waals surface area contributed by atoms with Crippen LogP contribution in [0.15, 0.2) is 36.5 Å². The van der Waals surface area contributed by atoms with Crippen molar-refractivity contribution in [3.8, 4) is 11.5 Å². The highest BCUT2D eigenvalue weighted by Gasteiger charge is 2.37. The molecule has 0 N–H and O–H groups in total. The van der Waals surface area contributed by atoms with Crippen LogP contribution < -0.4 is 19.3 Å². The van der Waals surface area contributed by atoms with E-state index in [1.165, 1.54) is 20.3 Å². The molecule has 6 nitrogen and oxygen atoms in total. The lowest BCUT2D eigenvalue weighted by Gasteiger charge is -2.25. The number of pyridine rings is 1. The Morgan fingerprint density at radius 2 is 1.79 bits per heavy atom. The second-order valence-electron chi connectivity index (χ2n) is 6.38. The first-order valence-corrected chi connectivity index (χ1v) is 8.55. The molecule has 1 fully saturated rings. The highest BCUT2D eigenvalue weighted by atomic mass is 19.4. The molecule has 1 aliphatic heterocycles. The maximum Gasteiger partial charge on any atom is 0.417 e. The van der Waals surface area contributed by atoms with E-state index >= 15 is 0 Å². The summed E-state index contributed by atoms with van der Waals surface area (Å²) in [4.78, 5) is 20.0. The Kier molecular flexibility index (Phi) is 5.35. The molecule has 0 bridgehead atoms. The van der Waals surface area contributed by atoms with Gasteiger partial charge in [-0.05, 0) is 18.6 Å². The summed E-state index contributed by atoms with van der Waals surface area (Å²) in [6.07, 6.45) is -3.16. The van der Waals surface area contributed by atoms with E-state index in [0.29, 0.717) is 36.0 Å². The Hall–Kier alpha value is -2.97. The first kappa shape index (κ1) is 19.8. The molecule has 0 aliphatic carbocycles. The van der Waals surface area contributed by atoms with Crippen molar-refractivity contribution in [3.05, 3.63) is 42.1 Å². The van der Waals surface area contributed by atoms with Gasteiger partial charge in [-0.1, -0.05) is 0 Å². The molecule has 1 saturated heterocycles. The third kappa shape index (κ3) is 3.83. The van der Waals surface area contributed by atoms with E-state index < -0.39 is 17.8 Å². The average Bonchev–Trinajstić information content (AvgIpc) is 3.07. The number of carbonyl (C=O) groups is 1. The summed E-state index contributed by atoms with van der Waals surface area (Å²) in [7, 11) is 4.70. The number of nitrogens with zero attached hydrogens (tertiary/aromatic N) is 3. The number of rotatable bonds is 5. The van der Waals surface area contributed by atoms with Crippen molar-refractivity contribution in [2.24, 2.45) is 0 Å². The number of ether oxygens (including phenoxy) is 2. The Labute approximate surface area is 160 Å².